The van der Waals surface area contributed by atoms with E-state index < -0.39 is 0 Å². The number of aliphatic hydroxyl groups excluding tert-OH is 1. The van der Waals surface area contributed by atoms with Crippen molar-refractivity contribution in [2.45, 2.75) is 31.8 Å². The Morgan fingerprint density at radius 2 is 1.74 bits per heavy atom. The molecule has 3 rings (SSSR count). The van der Waals surface area contributed by atoms with Crippen LogP contribution in [0.3, 0.4) is 0 Å². The Hall–Kier alpha value is -0.810. The number of aliphatic hydroxyl groups is 1. The third-order valence-corrected chi connectivity index (χ3v) is 4.82. The Balaban J connectivity index is 0.00000192. The van der Waals surface area contributed by atoms with Crippen LogP contribution < -0.4 is 4.90 Å². The molecule has 0 aromatic heterocycles. The van der Waals surface area contributed by atoms with Crippen molar-refractivity contribution in [3.63, 3.8) is 0 Å². The number of benzene rings is 1. The number of aryl methyl sites for hydroxylation is 1. The highest BCUT2D eigenvalue weighted by molar-refractivity contribution is 5.85. The smallest absolute Gasteiger partial charge is 0.0594 e. The Labute approximate surface area is 145 Å². The number of hydrogen-bond acceptors (Lipinski definition) is 4. The van der Waals surface area contributed by atoms with Crippen molar-refractivity contribution in [2.24, 2.45) is 0 Å². The monoisotopic (exact) mass is 340 g/mol. The van der Waals surface area contributed by atoms with E-state index in [1.807, 2.05) is 0 Å². The molecule has 1 aromatic rings. The molecule has 1 aromatic carbocycles. The topological polar surface area (TPSA) is 35.9 Å². The van der Waals surface area contributed by atoms with Crippen LogP contribution in [-0.4, -0.2) is 62.0 Å². The lowest BCUT2D eigenvalue weighted by Crippen LogP contribution is -2.37. The fourth-order valence-corrected chi connectivity index (χ4v) is 3.46. The first kappa shape index (κ1) is 18.5. The molecule has 1 N–H and O–H groups in total. The van der Waals surface area contributed by atoms with Crippen LogP contribution in [-0.2, 0) is 11.2 Å². The van der Waals surface area contributed by atoms with Gasteiger partial charge in [0.15, 0.2) is 0 Å². The molecule has 5 heteroatoms. The number of para-hydroxylation sites is 1. The average Bonchev–Trinajstić information content (AvgIpc) is 2.57. The van der Waals surface area contributed by atoms with Crippen LogP contribution in [0.4, 0.5) is 5.69 Å². The zero-order valence-electron chi connectivity index (χ0n) is 13.8. The molecular formula is C18H29ClN2O2. The van der Waals surface area contributed by atoms with Gasteiger partial charge >= 0.3 is 0 Å². The lowest BCUT2D eigenvalue weighted by molar-refractivity contribution is 0.0375. The maximum Gasteiger partial charge on any atom is 0.0594 e. The van der Waals surface area contributed by atoms with E-state index in [0.717, 1.165) is 65.2 Å². The van der Waals surface area contributed by atoms with Crippen molar-refractivity contribution in [3.05, 3.63) is 29.8 Å². The minimum absolute atomic E-state index is 0. The molecule has 23 heavy (non-hydrogen) atoms. The van der Waals surface area contributed by atoms with Gasteiger partial charge in [0.2, 0.25) is 0 Å². The van der Waals surface area contributed by atoms with E-state index in [1.165, 1.54) is 17.7 Å². The number of halogens is 1. The van der Waals surface area contributed by atoms with Gasteiger partial charge in [-0.05, 0) is 43.9 Å². The van der Waals surface area contributed by atoms with Crippen LogP contribution in [0.25, 0.3) is 0 Å². The van der Waals surface area contributed by atoms with Crippen LogP contribution in [0.1, 0.15) is 24.8 Å². The highest BCUT2D eigenvalue weighted by Gasteiger charge is 2.19. The van der Waals surface area contributed by atoms with Gasteiger partial charge in [-0.1, -0.05) is 18.2 Å². The van der Waals surface area contributed by atoms with Crippen molar-refractivity contribution >= 4 is 18.1 Å². The molecule has 2 saturated heterocycles. The Morgan fingerprint density at radius 3 is 2.48 bits per heavy atom. The van der Waals surface area contributed by atoms with Gasteiger partial charge in [-0.2, -0.15) is 0 Å². The second kappa shape index (κ2) is 9.48. The van der Waals surface area contributed by atoms with Gasteiger partial charge < -0.3 is 14.7 Å². The van der Waals surface area contributed by atoms with Gasteiger partial charge in [0, 0.05) is 31.9 Å². The van der Waals surface area contributed by atoms with Crippen LogP contribution in [0.5, 0.6) is 0 Å². The maximum atomic E-state index is 9.69. The predicted molar refractivity (Wildman–Crippen MR) is 96.7 cm³/mol. The first-order valence-electron chi connectivity index (χ1n) is 8.64. The number of piperidine rings is 1. The molecule has 0 aliphatic carbocycles. The zero-order valence-corrected chi connectivity index (χ0v) is 14.6. The summed E-state index contributed by atoms with van der Waals surface area (Å²) in [5, 5.41) is 9.69. The minimum atomic E-state index is -0.107. The normalized spacial score (nSPS) is 20.3. The molecule has 0 amide bonds. The highest BCUT2D eigenvalue weighted by atomic mass is 35.5. The van der Waals surface area contributed by atoms with Gasteiger partial charge in [0.25, 0.3) is 0 Å². The maximum absolute atomic E-state index is 9.69. The summed E-state index contributed by atoms with van der Waals surface area (Å²) in [4.78, 5) is 4.94. The lowest BCUT2D eigenvalue weighted by atomic mass is 10.0. The van der Waals surface area contributed by atoms with E-state index in [1.54, 1.807) is 0 Å². The van der Waals surface area contributed by atoms with Gasteiger partial charge in [0.05, 0.1) is 19.3 Å². The quantitative estimate of drug-likeness (QED) is 0.892. The molecule has 0 spiro atoms. The van der Waals surface area contributed by atoms with Crippen molar-refractivity contribution in [1.82, 2.24) is 4.90 Å². The van der Waals surface area contributed by atoms with Crippen molar-refractivity contribution in [1.29, 1.82) is 0 Å². The molecule has 0 radical (unpaired) electrons. The Bertz CT molecular complexity index is 458. The highest BCUT2D eigenvalue weighted by Crippen LogP contribution is 2.25. The van der Waals surface area contributed by atoms with E-state index in [0.29, 0.717) is 0 Å². The number of morpholine rings is 1. The summed E-state index contributed by atoms with van der Waals surface area (Å²) in [5.41, 5.74) is 2.82. The third kappa shape index (κ3) is 5.35. The van der Waals surface area contributed by atoms with E-state index in [9.17, 15) is 5.11 Å². The van der Waals surface area contributed by atoms with Gasteiger partial charge in [-0.25, -0.2) is 0 Å². The standard InChI is InChI=1S/C18H28N2O2.ClH/c21-17-7-10-20(11-8-17)18-6-2-1-4-16(18)5-3-9-19-12-14-22-15-13-19;/h1-2,4,6,17,21H,3,5,7-15H2;1H. The first-order valence-corrected chi connectivity index (χ1v) is 8.64. The van der Waals surface area contributed by atoms with Crippen LogP contribution in [0.15, 0.2) is 24.3 Å². The second-order valence-corrected chi connectivity index (χ2v) is 6.40. The van der Waals surface area contributed by atoms with E-state index in [2.05, 4.69) is 34.1 Å². The molecule has 0 saturated carbocycles. The molecule has 0 atom stereocenters. The van der Waals surface area contributed by atoms with Crippen molar-refractivity contribution < 1.29 is 9.84 Å². The summed E-state index contributed by atoms with van der Waals surface area (Å²) < 4.78 is 5.40. The van der Waals surface area contributed by atoms with Crippen LogP contribution in [0.2, 0.25) is 0 Å². The summed E-state index contributed by atoms with van der Waals surface area (Å²) >= 11 is 0. The van der Waals surface area contributed by atoms with E-state index in [-0.39, 0.29) is 18.5 Å². The van der Waals surface area contributed by atoms with Gasteiger partial charge in [0.1, 0.15) is 0 Å². The Morgan fingerprint density at radius 1 is 1.04 bits per heavy atom. The van der Waals surface area contributed by atoms with E-state index in [4.69, 9.17) is 4.74 Å². The van der Waals surface area contributed by atoms with Crippen molar-refractivity contribution in [3.8, 4) is 0 Å². The summed E-state index contributed by atoms with van der Waals surface area (Å²) in [5.74, 6) is 0. The Kier molecular flexibility index (Phi) is 7.63. The molecule has 4 nitrogen and oxygen atoms in total. The second-order valence-electron chi connectivity index (χ2n) is 6.40. The molecule has 0 bridgehead atoms. The molecule has 2 aliphatic heterocycles. The molecule has 2 aliphatic rings. The average molecular weight is 341 g/mol. The van der Waals surface area contributed by atoms with Gasteiger partial charge in [-0.15, -0.1) is 12.4 Å². The molecule has 0 unspecified atom stereocenters. The van der Waals surface area contributed by atoms with Crippen molar-refractivity contribution in [2.75, 3.05) is 50.8 Å². The number of hydrogen-bond donors (Lipinski definition) is 1. The zero-order chi connectivity index (χ0) is 15.2. The summed E-state index contributed by atoms with van der Waals surface area (Å²) in [6, 6.07) is 8.78. The molecule has 130 valence electrons. The third-order valence-electron chi connectivity index (χ3n) is 4.82. The number of ether oxygens (including phenoxy) is 1. The number of anilines is 1. The lowest BCUT2D eigenvalue weighted by Gasteiger charge is -2.33. The largest absolute Gasteiger partial charge is 0.393 e. The number of rotatable bonds is 5. The molecular weight excluding hydrogens is 312 g/mol. The SMILES string of the molecule is Cl.OC1CCN(c2ccccc2CCCN2CCOCC2)CC1. The fourth-order valence-electron chi connectivity index (χ4n) is 3.46. The summed E-state index contributed by atoms with van der Waals surface area (Å²) in [6.07, 6.45) is 4.01. The predicted octanol–water partition coefficient (Wildman–Crippen LogP) is 2.33. The van der Waals surface area contributed by atoms with Crippen LogP contribution >= 0.6 is 12.4 Å². The summed E-state index contributed by atoms with van der Waals surface area (Å²) in [7, 11) is 0. The van der Waals surface area contributed by atoms with Gasteiger partial charge in [-0.3, -0.25) is 4.90 Å². The first-order chi connectivity index (χ1) is 10.8. The molecule has 2 heterocycles. The van der Waals surface area contributed by atoms with E-state index >= 15 is 0 Å². The minimum Gasteiger partial charge on any atom is -0.393 e. The number of nitrogens with zero attached hydrogens (tertiary/aromatic N) is 2. The molecule has 2 fully saturated rings. The summed E-state index contributed by atoms with van der Waals surface area (Å²) in [6.45, 7) is 7.02. The van der Waals surface area contributed by atoms with Crippen LogP contribution in [0, 0.1) is 0 Å². The fraction of sp³-hybridized carbons (Fsp3) is 0.667.